The highest BCUT2D eigenvalue weighted by Gasteiger charge is 2.10. The van der Waals surface area contributed by atoms with Gasteiger partial charge in [-0.05, 0) is 52.0 Å². The fourth-order valence-electron chi connectivity index (χ4n) is 2.14. The van der Waals surface area contributed by atoms with Gasteiger partial charge in [-0.3, -0.25) is 9.69 Å². The normalized spacial score (nSPS) is 10.5. The molecule has 0 spiro atoms. The summed E-state index contributed by atoms with van der Waals surface area (Å²) < 4.78 is 5.06. The maximum atomic E-state index is 11.9. The Balaban J connectivity index is 2.43. The van der Waals surface area contributed by atoms with Gasteiger partial charge in [-0.1, -0.05) is 11.8 Å². The lowest BCUT2D eigenvalue weighted by molar-refractivity contribution is 0.0958. The van der Waals surface area contributed by atoms with Gasteiger partial charge in [0.2, 0.25) is 0 Å². The largest absolute Gasteiger partial charge is 0.497 e. The second-order valence-corrected chi connectivity index (χ2v) is 5.62. The van der Waals surface area contributed by atoms with E-state index < -0.39 is 0 Å². The molecule has 0 aromatic heterocycles. The Bertz CT molecular complexity index is 516. The lowest BCUT2D eigenvalue weighted by atomic mass is 10.2. The molecule has 0 unspecified atom stereocenters. The van der Waals surface area contributed by atoms with Crippen molar-refractivity contribution in [2.24, 2.45) is 0 Å². The van der Waals surface area contributed by atoms with Gasteiger partial charge in [0.15, 0.2) is 0 Å². The molecule has 1 aromatic rings. The molecule has 0 saturated heterocycles. The van der Waals surface area contributed by atoms with Crippen molar-refractivity contribution in [3.05, 3.63) is 29.8 Å². The SMILES string of the molecule is COc1ccc(C(=O)NCC#CCN(C(C)C)C(C)C)cc1. The van der Waals surface area contributed by atoms with E-state index in [1.807, 2.05) is 0 Å². The third-order valence-electron chi connectivity index (χ3n) is 3.40. The molecular formula is C18H26N2O2. The van der Waals surface area contributed by atoms with E-state index in [4.69, 9.17) is 4.74 Å². The van der Waals surface area contributed by atoms with Crippen molar-refractivity contribution in [2.45, 2.75) is 39.8 Å². The number of carbonyl (C=O) groups excluding carboxylic acids is 1. The van der Waals surface area contributed by atoms with E-state index in [0.29, 0.717) is 30.7 Å². The van der Waals surface area contributed by atoms with Crippen LogP contribution < -0.4 is 10.1 Å². The standard InChI is InChI=1S/C18H26N2O2/c1-14(2)20(15(3)4)13-7-6-12-19-18(21)16-8-10-17(22-5)11-9-16/h8-11,14-15H,12-13H2,1-5H3,(H,19,21). The van der Waals surface area contributed by atoms with Crippen LogP contribution >= 0.6 is 0 Å². The third-order valence-corrected chi connectivity index (χ3v) is 3.40. The van der Waals surface area contributed by atoms with E-state index in [9.17, 15) is 4.79 Å². The quantitative estimate of drug-likeness (QED) is 0.821. The molecule has 0 aliphatic heterocycles. The zero-order valence-electron chi connectivity index (χ0n) is 14.1. The second-order valence-electron chi connectivity index (χ2n) is 5.62. The zero-order chi connectivity index (χ0) is 16.5. The third kappa shape index (κ3) is 5.79. The average Bonchev–Trinajstić information content (AvgIpc) is 2.49. The van der Waals surface area contributed by atoms with E-state index >= 15 is 0 Å². The minimum Gasteiger partial charge on any atom is -0.497 e. The second kappa shape index (κ2) is 9.11. The molecule has 4 heteroatoms. The molecule has 120 valence electrons. The van der Waals surface area contributed by atoms with Gasteiger partial charge in [0.1, 0.15) is 5.75 Å². The Morgan fingerprint density at radius 3 is 2.23 bits per heavy atom. The summed E-state index contributed by atoms with van der Waals surface area (Å²) >= 11 is 0. The molecule has 0 aliphatic rings. The molecule has 0 bridgehead atoms. The molecule has 1 rings (SSSR count). The van der Waals surface area contributed by atoms with Crippen LogP contribution in [0.3, 0.4) is 0 Å². The van der Waals surface area contributed by atoms with Crippen molar-refractivity contribution in [2.75, 3.05) is 20.2 Å². The Morgan fingerprint density at radius 1 is 1.14 bits per heavy atom. The Morgan fingerprint density at radius 2 is 1.73 bits per heavy atom. The number of carbonyl (C=O) groups is 1. The predicted octanol–water partition coefficient (Wildman–Crippen LogP) is 2.55. The number of amides is 1. The zero-order valence-corrected chi connectivity index (χ0v) is 14.1. The van der Waals surface area contributed by atoms with Crippen molar-refractivity contribution < 1.29 is 9.53 Å². The molecule has 0 radical (unpaired) electrons. The minimum absolute atomic E-state index is 0.124. The number of rotatable bonds is 6. The number of hydrogen-bond donors (Lipinski definition) is 1. The molecule has 1 N–H and O–H groups in total. The van der Waals surface area contributed by atoms with Gasteiger partial charge < -0.3 is 10.1 Å². The van der Waals surface area contributed by atoms with Crippen LogP contribution in [0.5, 0.6) is 5.75 Å². The summed E-state index contributed by atoms with van der Waals surface area (Å²) in [7, 11) is 1.60. The van der Waals surface area contributed by atoms with E-state index in [2.05, 4.69) is 49.8 Å². The lowest BCUT2D eigenvalue weighted by Gasteiger charge is -2.28. The first-order chi connectivity index (χ1) is 10.5. The van der Waals surface area contributed by atoms with Crippen LogP contribution in [0.4, 0.5) is 0 Å². The first kappa shape index (κ1) is 18.1. The minimum atomic E-state index is -0.124. The van der Waals surface area contributed by atoms with Gasteiger partial charge in [0, 0.05) is 17.6 Å². The highest BCUT2D eigenvalue weighted by Crippen LogP contribution is 2.10. The summed E-state index contributed by atoms with van der Waals surface area (Å²) in [6, 6.07) is 7.93. The summed E-state index contributed by atoms with van der Waals surface area (Å²) in [6.45, 7) is 9.71. The molecular weight excluding hydrogens is 276 g/mol. The molecule has 0 atom stereocenters. The van der Waals surface area contributed by atoms with E-state index in [-0.39, 0.29) is 5.91 Å². The van der Waals surface area contributed by atoms with Crippen molar-refractivity contribution in [3.8, 4) is 17.6 Å². The molecule has 4 nitrogen and oxygen atoms in total. The smallest absolute Gasteiger partial charge is 0.252 e. The lowest BCUT2D eigenvalue weighted by Crippen LogP contribution is -2.37. The van der Waals surface area contributed by atoms with Crippen LogP contribution in [-0.2, 0) is 0 Å². The van der Waals surface area contributed by atoms with Crippen LogP contribution in [0.25, 0.3) is 0 Å². The maximum Gasteiger partial charge on any atom is 0.252 e. The van der Waals surface area contributed by atoms with Gasteiger partial charge in [-0.2, -0.15) is 0 Å². The Kier molecular flexibility index (Phi) is 7.48. The van der Waals surface area contributed by atoms with Crippen molar-refractivity contribution in [1.82, 2.24) is 10.2 Å². The highest BCUT2D eigenvalue weighted by atomic mass is 16.5. The number of nitrogens with zero attached hydrogens (tertiary/aromatic N) is 1. The van der Waals surface area contributed by atoms with Crippen LogP contribution in [0, 0.1) is 11.8 Å². The van der Waals surface area contributed by atoms with Crippen LogP contribution in [0.1, 0.15) is 38.1 Å². The molecule has 0 saturated carbocycles. The summed E-state index contributed by atoms with van der Waals surface area (Å²) in [4.78, 5) is 14.2. The maximum absolute atomic E-state index is 11.9. The van der Waals surface area contributed by atoms with E-state index in [0.717, 1.165) is 5.75 Å². The Hall–Kier alpha value is -1.99. The van der Waals surface area contributed by atoms with E-state index in [1.165, 1.54) is 0 Å². The van der Waals surface area contributed by atoms with Gasteiger partial charge >= 0.3 is 0 Å². The number of ether oxygens (including phenoxy) is 1. The summed E-state index contributed by atoms with van der Waals surface area (Å²) in [5.41, 5.74) is 0.605. The first-order valence-corrected chi connectivity index (χ1v) is 7.59. The monoisotopic (exact) mass is 302 g/mol. The van der Waals surface area contributed by atoms with Gasteiger partial charge in [-0.25, -0.2) is 0 Å². The fraction of sp³-hybridized carbons (Fsp3) is 0.500. The van der Waals surface area contributed by atoms with Crippen molar-refractivity contribution in [3.63, 3.8) is 0 Å². The number of methoxy groups -OCH3 is 1. The molecule has 1 aromatic carbocycles. The van der Waals surface area contributed by atoms with Crippen LogP contribution in [-0.4, -0.2) is 43.1 Å². The first-order valence-electron chi connectivity index (χ1n) is 7.59. The van der Waals surface area contributed by atoms with Crippen molar-refractivity contribution >= 4 is 5.91 Å². The van der Waals surface area contributed by atoms with Crippen LogP contribution in [0.15, 0.2) is 24.3 Å². The van der Waals surface area contributed by atoms with Gasteiger partial charge in [-0.15, -0.1) is 0 Å². The topological polar surface area (TPSA) is 41.6 Å². The molecule has 0 fully saturated rings. The molecule has 1 amide bonds. The summed E-state index contributed by atoms with van der Waals surface area (Å²) in [5, 5.41) is 2.80. The van der Waals surface area contributed by atoms with E-state index in [1.54, 1.807) is 31.4 Å². The van der Waals surface area contributed by atoms with Gasteiger partial charge in [0.05, 0.1) is 20.2 Å². The highest BCUT2D eigenvalue weighted by molar-refractivity contribution is 5.94. The fourth-order valence-corrected chi connectivity index (χ4v) is 2.14. The summed E-state index contributed by atoms with van der Waals surface area (Å²) in [6.07, 6.45) is 0. The van der Waals surface area contributed by atoms with Gasteiger partial charge in [0.25, 0.3) is 5.91 Å². The number of benzene rings is 1. The average molecular weight is 302 g/mol. The molecule has 0 aliphatic carbocycles. The summed E-state index contributed by atoms with van der Waals surface area (Å²) in [5.74, 6) is 6.73. The van der Waals surface area contributed by atoms with Crippen molar-refractivity contribution in [1.29, 1.82) is 0 Å². The van der Waals surface area contributed by atoms with Crippen LogP contribution in [0.2, 0.25) is 0 Å². The Labute approximate surface area is 133 Å². The number of nitrogens with one attached hydrogen (secondary N) is 1. The molecule has 0 heterocycles. The number of hydrogen-bond acceptors (Lipinski definition) is 3. The predicted molar refractivity (Wildman–Crippen MR) is 90.1 cm³/mol. The molecule has 22 heavy (non-hydrogen) atoms.